The number of aryl methyl sites for hydroxylation is 1. The van der Waals surface area contributed by atoms with Gasteiger partial charge in [0, 0.05) is 24.5 Å². The molecule has 0 fully saturated rings. The van der Waals surface area contributed by atoms with E-state index in [0.29, 0.717) is 5.92 Å². The summed E-state index contributed by atoms with van der Waals surface area (Å²) >= 11 is 0. The minimum absolute atomic E-state index is 0.0627. The van der Waals surface area contributed by atoms with Crippen LogP contribution in [0, 0.1) is 0 Å². The van der Waals surface area contributed by atoms with E-state index >= 15 is 0 Å². The Hall–Kier alpha value is -3.12. The van der Waals surface area contributed by atoms with Crippen molar-refractivity contribution in [3.8, 4) is 0 Å². The molecule has 1 N–H and O–H groups in total. The fraction of sp³-hybridized carbons (Fsp3) is 0.367. The maximum atomic E-state index is 12.5. The Morgan fingerprint density at radius 3 is 2.33 bits per heavy atom. The van der Waals surface area contributed by atoms with Crippen molar-refractivity contribution in [2.24, 2.45) is 0 Å². The predicted octanol–water partition coefficient (Wildman–Crippen LogP) is 5.78. The molecule has 0 unspecified atom stereocenters. The van der Waals surface area contributed by atoms with Crippen molar-refractivity contribution in [3.05, 3.63) is 89.0 Å². The molecule has 0 aromatic heterocycles. The third-order valence-corrected chi connectivity index (χ3v) is 8.68. The topological polar surface area (TPSA) is 66.5 Å². The minimum atomic E-state index is -3.23. The van der Waals surface area contributed by atoms with E-state index in [4.69, 9.17) is 0 Å². The monoisotopic (exact) mass is 504 g/mol. The molecule has 0 spiro atoms. The van der Waals surface area contributed by atoms with Gasteiger partial charge in [0.25, 0.3) is 0 Å². The highest BCUT2D eigenvalue weighted by Gasteiger charge is 2.18. The van der Waals surface area contributed by atoms with Crippen LogP contribution < -0.4 is 10.2 Å². The van der Waals surface area contributed by atoms with E-state index in [1.54, 1.807) is 31.2 Å². The lowest BCUT2D eigenvalue weighted by Crippen LogP contribution is -2.31. The van der Waals surface area contributed by atoms with Crippen LogP contribution in [0.4, 0.5) is 11.4 Å². The summed E-state index contributed by atoms with van der Waals surface area (Å²) in [6.45, 7) is 8.17. The van der Waals surface area contributed by atoms with Gasteiger partial charge in [-0.1, -0.05) is 57.2 Å². The second kappa shape index (κ2) is 11.3. The second-order valence-corrected chi connectivity index (χ2v) is 12.1. The molecule has 6 heteroatoms. The highest BCUT2D eigenvalue weighted by molar-refractivity contribution is 7.91. The molecule has 0 atom stereocenters. The van der Waals surface area contributed by atoms with Gasteiger partial charge in [0.1, 0.15) is 0 Å². The number of nitrogens with one attached hydrogen (secondary N) is 1. The Balaban J connectivity index is 1.31. The zero-order valence-corrected chi connectivity index (χ0v) is 22.3. The van der Waals surface area contributed by atoms with Gasteiger partial charge in [-0.2, -0.15) is 0 Å². The van der Waals surface area contributed by atoms with Crippen LogP contribution in [0.15, 0.2) is 71.6 Å². The summed E-state index contributed by atoms with van der Waals surface area (Å²) in [7, 11) is -3.23. The number of carbonyl (C=O) groups is 1. The predicted molar refractivity (Wildman–Crippen MR) is 148 cm³/mol. The first-order valence-corrected chi connectivity index (χ1v) is 14.5. The Labute approximate surface area is 215 Å². The molecular weight excluding hydrogens is 468 g/mol. The zero-order valence-electron chi connectivity index (χ0n) is 21.5. The van der Waals surface area contributed by atoms with Crippen molar-refractivity contribution in [1.29, 1.82) is 0 Å². The van der Waals surface area contributed by atoms with Crippen LogP contribution >= 0.6 is 0 Å². The van der Waals surface area contributed by atoms with Gasteiger partial charge in [0.15, 0.2) is 9.84 Å². The zero-order chi connectivity index (χ0) is 25.7. The molecule has 0 bridgehead atoms. The molecule has 1 aliphatic heterocycles. The molecule has 1 aliphatic rings. The number of sulfone groups is 1. The SMILES string of the molecule is CCS(=O)(=O)c1ccc(CC(=O)Nc2ccc(CCN3CCCc4ccc(C(C)C)cc43)cc2)cc1. The third-order valence-electron chi connectivity index (χ3n) is 6.93. The van der Waals surface area contributed by atoms with Gasteiger partial charge in [-0.15, -0.1) is 0 Å². The average molecular weight is 505 g/mol. The van der Waals surface area contributed by atoms with Crippen molar-refractivity contribution in [3.63, 3.8) is 0 Å². The standard InChI is InChI=1S/C30H36N2O3S/c1-4-36(34,35)28-15-9-24(10-16-28)20-30(33)31-27-13-7-23(8-14-27)17-19-32-18-5-6-25-11-12-26(22(2)3)21-29(25)32/h7-16,21-22H,4-6,17-20H2,1-3H3,(H,31,33). The lowest BCUT2D eigenvalue weighted by molar-refractivity contribution is -0.115. The van der Waals surface area contributed by atoms with Crippen molar-refractivity contribution in [2.45, 2.75) is 57.3 Å². The van der Waals surface area contributed by atoms with E-state index in [0.717, 1.165) is 37.2 Å². The lowest BCUT2D eigenvalue weighted by Gasteiger charge is -2.32. The molecule has 0 saturated heterocycles. The van der Waals surface area contributed by atoms with Crippen LogP contribution in [-0.2, 0) is 33.9 Å². The van der Waals surface area contributed by atoms with Crippen molar-refractivity contribution in [2.75, 3.05) is 29.1 Å². The highest BCUT2D eigenvalue weighted by atomic mass is 32.2. The molecule has 36 heavy (non-hydrogen) atoms. The Bertz CT molecular complexity index is 1300. The number of hydrogen-bond donors (Lipinski definition) is 1. The smallest absolute Gasteiger partial charge is 0.228 e. The first-order valence-electron chi connectivity index (χ1n) is 12.8. The Morgan fingerprint density at radius 2 is 1.67 bits per heavy atom. The van der Waals surface area contributed by atoms with Crippen LogP contribution in [0.5, 0.6) is 0 Å². The van der Waals surface area contributed by atoms with Crippen LogP contribution in [0.3, 0.4) is 0 Å². The van der Waals surface area contributed by atoms with Gasteiger partial charge in [0.05, 0.1) is 17.1 Å². The van der Waals surface area contributed by atoms with Crippen molar-refractivity contribution >= 4 is 27.1 Å². The number of rotatable bonds is 9. The van der Waals surface area contributed by atoms with Gasteiger partial charge >= 0.3 is 0 Å². The largest absolute Gasteiger partial charge is 0.371 e. The normalized spacial score (nSPS) is 13.5. The number of hydrogen-bond acceptors (Lipinski definition) is 4. The highest BCUT2D eigenvalue weighted by Crippen LogP contribution is 2.30. The minimum Gasteiger partial charge on any atom is -0.371 e. The molecule has 0 aliphatic carbocycles. The number of benzene rings is 3. The first kappa shape index (κ1) is 26.0. The lowest BCUT2D eigenvalue weighted by atomic mass is 9.95. The van der Waals surface area contributed by atoms with Crippen molar-refractivity contribution < 1.29 is 13.2 Å². The molecule has 4 rings (SSSR count). The maximum Gasteiger partial charge on any atom is 0.228 e. The molecule has 1 heterocycles. The van der Waals surface area contributed by atoms with Gasteiger partial charge in [0.2, 0.25) is 5.91 Å². The average Bonchev–Trinajstić information content (AvgIpc) is 2.88. The number of fused-ring (bicyclic) bond motifs is 1. The summed E-state index contributed by atoms with van der Waals surface area (Å²) in [5, 5.41) is 2.94. The number of nitrogens with zero attached hydrogens (tertiary/aromatic N) is 1. The van der Waals surface area contributed by atoms with Gasteiger partial charge in [-0.05, 0) is 77.8 Å². The Kier molecular flexibility index (Phi) is 8.14. The molecule has 0 saturated carbocycles. The summed E-state index contributed by atoms with van der Waals surface area (Å²) in [4.78, 5) is 15.3. The van der Waals surface area contributed by atoms with E-state index in [1.165, 1.54) is 28.8 Å². The molecule has 5 nitrogen and oxygen atoms in total. The Morgan fingerprint density at radius 1 is 0.972 bits per heavy atom. The molecule has 3 aromatic rings. The van der Waals surface area contributed by atoms with Gasteiger partial charge in [-0.25, -0.2) is 8.42 Å². The van der Waals surface area contributed by atoms with Gasteiger partial charge < -0.3 is 10.2 Å². The molecule has 0 radical (unpaired) electrons. The summed E-state index contributed by atoms with van der Waals surface area (Å²) in [5.74, 6) is 0.464. The van der Waals surface area contributed by atoms with E-state index in [9.17, 15) is 13.2 Å². The molecule has 190 valence electrons. The van der Waals surface area contributed by atoms with Crippen molar-refractivity contribution in [1.82, 2.24) is 0 Å². The van der Waals surface area contributed by atoms with Crippen LogP contribution in [0.25, 0.3) is 0 Å². The van der Waals surface area contributed by atoms with Crippen LogP contribution in [0.2, 0.25) is 0 Å². The first-order chi connectivity index (χ1) is 17.2. The van der Waals surface area contributed by atoms with Gasteiger partial charge in [-0.3, -0.25) is 4.79 Å². The number of amides is 1. The summed E-state index contributed by atoms with van der Waals surface area (Å²) in [6.07, 6.45) is 3.49. The summed E-state index contributed by atoms with van der Waals surface area (Å²) < 4.78 is 23.9. The van der Waals surface area contributed by atoms with E-state index in [-0.39, 0.29) is 23.0 Å². The quantitative estimate of drug-likeness (QED) is 0.401. The summed E-state index contributed by atoms with van der Waals surface area (Å²) in [5.41, 5.74) is 7.01. The van der Waals surface area contributed by atoms with Crippen LogP contribution in [0.1, 0.15) is 55.4 Å². The fourth-order valence-corrected chi connectivity index (χ4v) is 5.53. The van der Waals surface area contributed by atoms with Crippen LogP contribution in [-0.4, -0.2) is 33.2 Å². The number of carbonyl (C=O) groups excluding carboxylic acids is 1. The maximum absolute atomic E-state index is 12.5. The van der Waals surface area contributed by atoms with E-state index < -0.39 is 9.84 Å². The second-order valence-electron chi connectivity index (χ2n) is 9.85. The third kappa shape index (κ3) is 6.35. The number of anilines is 2. The van der Waals surface area contributed by atoms with E-state index in [2.05, 4.69) is 54.4 Å². The summed E-state index contributed by atoms with van der Waals surface area (Å²) in [6, 6.07) is 21.5. The molecule has 1 amide bonds. The van der Waals surface area contributed by atoms with E-state index in [1.807, 2.05) is 12.1 Å². The molecule has 3 aromatic carbocycles. The molecular formula is C30H36N2O3S. The fourth-order valence-electron chi connectivity index (χ4n) is 4.65.